The van der Waals surface area contributed by atoms with Crippen LogP contribution < -0.4 is 10.2 Å². The van der Waals surface area contributed by atoms with E-state index in [1.807, 2.05) is 0 Å². The lowest BCUT2D eigenvalue weighted by molar-refractivity contribution is -0.173. The van der Waals surface area contributed by atoms with Crippen molar-refractivity contribution in [2.75, 3.05) is 31.2 Å². The fraction of sp³-hybridized carbons (Fsp3) is 0.500. The number of rotatable bonds is 7. The molecular formula is C16H19F3N2O3. The second kappa shape index (κ2) is 8.14. The highest BCUT2D eigenvalue weighted by molar-refractivity contribution is 5.97. The van der Waals surface area contributed by atoms with Gasteiger partial charge >= 0.3 is 6.18 Å². The molecule has 1 fully saturated rings. The summed E-state index contributed by atoms with van der Waals surface area (Å²) in [6.45, 7) is -0.446. The molecule has 0 radical (unpaired) electrons. The fourth-order valence-corrected chi connectivity index (χ4v) is 2.38. The molecule has 0 bridgehead atoms. The Labute approximate surface area is 137 Å². The molecule has 1 aromatic carbocycles. The van der Waals surface area contributed by atoms with Gasteiger partial charge in [-0.2, -0.15) is 13.2 Å². The largest absolute Gasteiger partial charge is 0.411 e. The number of halogens is 3. The van der Waals surface area contributed by atoms with E-state index in [9.17, 15) is 22.8 Å². The third-order valence-electron chi connectivity index (χ3n) is 3.53. The number of hydrogen-bond donors (Lipinski definition) is 1. The number of carbonyl (C=O) groups excluding carboxylic acids is 2. The highest BCUT2D eigenvalue weighted by atomic mass is 19.4. The van der Waals surface area contributed by atoms with Gasteiger partial charge in [0.1, 0.15) is 6.61 Å². The Hall–Kier alpha value is -2.09. The summed E-state index contributed by atoms with van der Waals surface area (Å²) in [4.78, 5) is 25.2. The Morgan fingerprint density at radius 3 is 2.54 bits per heavy atom. The van der Waals surface area contributed by atoms with Crippen LogP contribution in [0, 0.1) is 0 Å². The maximum Gasteiger partial charge on any atom is 0.411 e. The zero-order valence-corrected chi connectivity index (χ0v) is 13.1. The van der Waals surface area contributed by atoms with Gasteiger partial charge in [-0.3, -0.25) is 9.59 Å². The maximum absolute atomic E-state index is 11.9. The molecule has 0 aliphatic carbocycles. The molecular weight excluding hydrogens is 325 g/mol. The summed E-state index contributed by atoms with van der Waals surface area (Å²) in [7, 11) is 0. The van der Waals surface area contributed by atoms with Gasteiger partial charge in [0.15, 0.2) is 0 Å². The average molecular weight is 344 g/mol. The van der Waals surface area contributed by atoms with E-state index in [1.165, 1.54) is 0 Å². The van der Waals surface area contributed by atoms with E-state index in [1.54, 1.807) is 29.2 Å². The van der Waals surface area contributed by atoms with Gasteiger partial charge in [0.25, 0.3) is 5.91 Å². The Morgan fingerprint density at radius 2 is 1.96 bits per heavy atom. The molecule has 0 aromatic heterocycles. The van der Waals surface area contributed by atoms with Crippen LogP contribution >= 0.6 is 0 Å². The van der Waals surface area contributed by atoms with Crippen LogP contribution in [0.3, 0.4) is 0 Å². The summed E-state index contributed by atoms with van der Waals surface area (Å²) >= 11 is 0. The summed E-state index contributed by atoms with van der Waals surface area (Å²) in [5.41, 5.74) is 1.19. The van der Waals surface area contributed by atoms with Gasteiger partial charge in [0.05, 0.1) is 0 Å². The first-order chi connectivity index (χ1) is 11.4. The molecule has 1 N–H and O–H groups in total. The minimum absolute atomic E-state index is 0.0736. The van der Waals surface area contributed by atoms with Crippen LogP contribution in [0.15, 0.2) is 24.3 Å². The first kappa shape index (κ1) is 18.3. The molecule has 132 valence electrons. The zero-order chi connectivity index (χ0) is 17.6. The fourth-order valence-electron chi connectivity index (χ4n) is 2.38. The van der Waals surface area contributed by atoms with E-state index in [-0.39, 0.29) is 25.0 Å². The predicted octanol–water partition coefficient (Wildman–Crippen LogP) is 2.51. The number of amides is 2. The van der Waals surface area contributed by atoms with Gasteiger partial charge < -0.3 is 15.0 Å². The van der Waals surface area contributed by atoms with Crippen molar-refractivity contribution in [1.29, 1.82) is 0 Å². The van der Waals surface area contributed by atoms with Gasteiger partial charge in [0.2, 0.25) is 5.91 Å². The first-order valence-electron chi connectivity index (χ1n) is 7.70. The monoisotopic (exact) mass is 344 g/mol. The second-order valence-electron chi connectivity index (χ2n) is 5.47. The normalized spacial score (nSPS) is 15.0. The number of nitrogens with one attached hydrogen (secondary N) is 1. The molecule has 1 aromatic rings. The van der Waals surface area contributed by atoms with Crippen molar-refractivity contribution in [3.05, 3.63) is 29.8 Å². The number of ether oxygens (including phenoxy) is 1. The molecule has 0 unspecified atom stereocenters. The molecule has 1 saturated heterocycles. The van der Waals surface area contributed by atoms with Crippen LogP contribution in [0.4, 0.5) is 18.9 Å². The minimum atomic E-state index is -4.33. The summed E-state index contributed by atoms with van der Waals surface area (Å²) < 4.78 is 40.0. The molecule has 24 heavy (non-hydrogen) atoms. The molecule has 1 aliphatic heterocycles. The predicted molar refractivity (Wildman–Crippen MR) is 81.9 cm³/mol. The zero-order valence-electron chi connectivity index (χ0n) is 13.1. The molecule has 2 amide bonds. The lowest BCUT2D eigenvalue weighted by Crippen LogP contribution is -2.26. The van der Waals surface area contributed by atoms with E-state index in [2.05, 4.69) is 10.1 Å². The van der Waals surface area contributed by atoms with E-state index in [0.717, 1.165) is 12.1 Å². The van der Waals surface area contributed by atoms with E-state index >= 15 is 0 Å². The molecule has 0 spiro atoms. The Balaban J connectivity index is 1.72. The molecule has 8 heteroatoms. The van der Waals surface area contributed by atoms with Gasteiger partial charge in [-0.25, -0.2) is 0 Å². The quantitative estimate of drug-likeness (QED) is 0.773. The average Bonchev–Trinajstić information content (AvgIpc) is 2.96. The molecule has 1 aliphatic rings. The number of alkyl halides is 3. The van der Waals surface area contributed by atoms with Crippen molar-refractivity contribution in [1.82, 2.24) is 5.32 Å². The molecule has 0 atom stereocenters. The third kappa shape index (κ3) is 5.52. The molecule has 0 saturated carbocycles. The van der Waals surface area contributed by atoms with E-state index in [0.29, 0.717) is 24.9 Å². The van der Waals surface area contributed by atoms with Crippen LogP contribution in [-0.4, -0.2) is 44.3 Å². The second-order valence-corrected chi connectivity index (χ2v) is 5.47. The highest BCUT2D eigenvalue weighted by Crippen LogP contribution is 2.21. The topological polar surface area (TPSA) is 58.6 Å². The van der Waals surface area contributed by atoms with Crippen LogP contribution in [0.25, 0.3) is 0 Å². The summed E-state index contributed by atoms with van der Waals surface area (Å²) in [6, 6.07) is 6.67. The van der Waals surface area contributed by atoms with Gasteiger partial charge in [0, 0.05) is 37.4 Å². The number of hydrogen-bond acceptors (Lipinski definition) is 3. The molecule has 2 rings (SSSR count). The van der Waals surface area contributed by atoms with Gasteiger partial charge in [-0.15, -0.1) is 0 Å². The highest BCUT2D eigenvalue weighted by Gasteiger charge is 2.27. The first-order valence-corrected chi connectivity index (χ1v) is 7.70. The van der Waals surface area contributed by atoms with Crippen molar-refractivity contribution >= 4 is 17.5 Å². The number of anilines is 1. The van der Waals surface area contributed by atoms with Gasteiger partial charge in [-0.1, -0.05) is 0 Å². The Kier molecular flexibility index (Phi) is 6.19. The van der Waals surface area contributed by atoms with E-state index in [4.69, 9.17) is 0 Å². The van der Waals surface area contributed by atoms with Crippen LogP contribution in [0.2, 0.25) is 0 Å². The number of carbonyl (C=O) groups is 2. The van der Waals surface area contributed by atoms with Gasteiger partial charge in [-0.05, 0) is 37.1 Å². The maximum atomic E-state index is 11.9. The summed E-state index contributed by atoms with van der Waals surface area (Å²) in [5.74, 6) is -0.240. The number of nitrogens with zero attached hydrogens (tertiary/aromatic N) is 1. The Morgan fingerprint density at radius 1 is 1.25 bits per heavy atom. The van der Waals surface area contributed by atoms with Crippen molar-refractivity contribution in [2.24, 2.45) is 0 Å². The smallest absolute Gasteiger partial charge is 0.372 e. The van der Waals surface area contributed by atoms with Crippen LogP contribution in [0.1, 0.15) is 29.6 Å². The van der Waals surface area contributed by atoms with Crippen molar-refractivity contribution in [3.63, 3.8) is 0 Å². The summed E-state index contributed by atoms with van der Waals surface area (Å²) in [5, 5.41) is 2.61. The summed E-state index contributed by atoms with van der Waals surface area (Å²) in [6.07, 6.45) is -2.67. The lowest BCUT2D eigenvalue weighted by Gasteiger charge is -2.15. The van der Waals surface area contributed by atoms with Crippen LogP contribution in [-0.2, 0) is 9.53 Å². The van der Waals surface area contributed by atoms with Crippen molar-refractivity contribution in [2.45, 2.75) is 25.4 Å². The lowest BCUT2D eigenvalue weighted by atomic mass is 10.2. The van der Waals surface area contributed by atoms with Crippen molar-refractivity contribution in [3.8, 4) is 0 Å². The third-order valence-corrected chi connectivity index (χ3v) is 3.53. The SMILES string of the molecule is O=C(NCCCOCC(F)(F)F)c1ccc(N2CCCC2=O)cc1. The molecule has 5 nitrogen and oxygen atoms in total. The molecule has 1 heterocycles. The van der Waals surface area contributed by atoms with Crippen molar-refractivity contribution < 1.29 is 27.5 Å². The minimum Gasteiger partial charge on any atom is -0.372 e. The van der Waals surface area contributed by atoms with E-state index < -0.39 is 12.8 Å². The standard InChI is InChI=1S/C16H19F3N2O3/c17-16(18,19)11-24-10-2-8-20-15(23)12-4-6-13(7-5-12)21-9-1-3-14(21)22/h4-7H,1-3,8-11H2,(H,20,23). The number of benzene rings is 1. The Bertz CT molecular complexity index is 573. The van der Waals surface area contributed by atoms with Crippen LogP contribution in [0.5, 0.6) is 0 Å².